The lowest BCUT2D eigenvalue weighted by Crippen LogP contribution is -2.08. The fourth-order valence-corrected chi connectivity index (χ4v) is 4.47. The summed E-state index contributed by atoms with van der Waals surface area (Å²) in [5.41, 5.74) is 6.21. The topological polar surface area (TPSA) is 89.0 Å². The first-order valence-electron chi connectivity index (χ1n) is 14.4. The number of rotatable bonds is 18. The molecule has 41 heavy (non-hydrogen) atoms. The first-order chi connectivity index (χ1) is 20.0. The maximum absolute atomic E-state index is 6.25. The molecule has 0 N–H and O–H groups in total. The summed E-state index contributed by atoms with van der Waals surface area (Å²) in [6.45, 7) is 11.4. The standard InChI is InChI=1S/C33H42N2O6/c1-24-10-12-32(38-16-8-7-15-37-23-29-22-27(4)41-35-29)30(19-24)31-20-25(2)11-13-33(31)39-18-17-36-14-6-5-9-28-21-26(3)40-34-28/h10-13,19-22H,5-9,14-18,23H2,1-4H3. The Bertz CT molecular complexity index is 1350. The van der Waals surface area contributed by atoms with E-state index in [-0.39, 0.29) is 0 Å². The van der Waals surface area contributed by atoms with Crippen LogP contribution in [0.5, 0.6) is 11.5 Å². The fraction of sp³-hybridized carbons (Fsp3) is 0.455. The van der Waals surface area contributed by atoms with Crippen molar-refractivity contribution in [3.8, 4) is 22.6 Å². The van der Waals surface area contributed by atoms with Crippen LogP contribution in [-0.4, -0.2) is 43.3 Å². The quantitative estimate of drug-likeness (QED) is 0.116. The molecule has 4 rings (SSSR count). The summed E-state index contributed by atoms with van der Waals surface area (Å²) in [7, 11) is 0. The number of benzene rings is 2. The van der Waals surface area contributed by atoms with Crippen molar-refractivity contribution in [2.75, 3.05) is 33.0 Å². The maximum Gasteiger partial charge on any atom is 0.134 e. The van der Waals surface area contributed by atoms with Crippen molar-refractivity contribution in [2.45, 2.75) is 66.4 Å². The molecule has 0 unspecified atom stereocenters. The smallest absolute Gasteiger partial charge is 0.134 e. The molecule has 0 saturated carbocycles. The van der Waals surface area contributed by atoms with E-state index in [1.54, 1.807) is 0 Å². The van der Waals surface area contributed by atoms with Gasteiger partial charge in [0.15, 0.2) is 0 Å². The zero-order chi connectivity index (χ0) is 28.9. The van der Waals surface area contributed by atoms with Crippen LogP contribution in [0.2, 0.25) is 0 Å². The maximum atomic E-state index is 6.25. The largest absolute Gasteiger partial charge is 0.493 e. The number of aryl methyl sites for hydroxylation is 5. The Hall–Kier alpha value is -3.62. The monoisotopic (exact) mass is 562 g/mol. The first kappa shape index (κ1) is 30.3. The van der Waals surface area contributed by atoms with E-state index in [2.05, 4.69) is 48.4 Å². The van der Waals surface area contributed by atoms with Gasteiger partial charge in [-0.1, -0.05) is 33.6 Å². The summed E-state index contributed by atoms with van der Waals surface area (Å²) >= 11 is 0. The van der Waals surface area contributed by atoms with Gasteiger partial charge < -0.3 is 28.0 Å². The van der Waals surface area contributed by atoms with E-state index < -0.39 is 0 Å². The minimum Gasteiger partial charge on any atom is -0.493 e. The molecule has 0 fully saturated rings. The van der Waals surface area contributed by atoms with Crippen molar-refractivity contribution in [3.63, 3.8) is 0 Å². The number of hydrogen-bond donors (Lipinski definition) is 0. The lowest BCUT2D eigenvalue weighted by molar-refractivity contribution is 0.0976. The van der Waals surface area contributed by atoms with Gasteiger partial charge in [-0.3, -0.25) is 0 Å². The Labute approximate surface area is 242 Å². The molecular weight excluding hydrogens is 520 g/mol. The molecule has 2 heterocycles. The molecule has 0 aliphatic heterocycles. The third-order valence-corrected chi connectivity index (χ3v) is 6.56. The van der Waals surface area contributed by atoms with Crippen LogP contribution in [0.1, 0.15) is 59.7 Å². The second kappa shape index (κ2) is 16.0. The summed E-state index contributed by atoms with van der Waals surface area (Å²) in [6.07, 6.45) is 4.68. The van der Waals surface area contributed by atoms with Crippen molar-refractivity contribution < 1.29 is 28.0 Å². The molecule has 0 spiro atoms. The first-order valence-corrected chi connectivity index (χ1v) is 14.4. The Morgan fingerprint density at radius 2 is 1.12 bits per heavy atom. The zero-order valence-corrected chi connectivity index (χ0v) is 24.7. The van der Waals surface area contributed by atoms with Gasteiger partial charge in [0.2, 0.25) is 0 Å². The number of nitrogens with zero attached hydrogens (tertiary/aromatic N) is 2. The molecule has 8 nitrogen and oxygen atoms in total. The van der Waals surface area contributed by atoms with E-state index in [1.807, 2.05) is 38.1 Å². The Morgan fingerprint density at radius 3 is 1.76 bits per heavy atom. The van der Waals surface area contributed by atoms with Gasteiger partial charge in [-0.2, -0.15) is 0 Å². The Morgan fingerprint density at radius 1 is 0.561 bits per heavy atom. The predicted molar refractivity (Wildman–Crippen MR) is 157 cm³/mol. The molecule has 2 aromatic heterocycles. The number of hydrogen-bond acceptors (Lipinski definition) is 8. The zero-order valence-electron chi connectivity index (χ0n) is 24.7. The lowest BCUT2D eigenvalue weighted by atomic mass is 9.99. The molecule has 0 amide bonds. The van der Waals surface area contributed by atoms with Crippen LogP contribution >= 0.6 is 0 Å². The average Bonchev–Trinajstić information content (AvgIpc) is 3.57. The molecule has 0 saturated heterocycles. The third-order valence-electron chi connectivity index (χ3n) is 6.56. The lowest BCUT2D eigenvalue weighted by Gasteiger charge is -2.17. The van der Waals surface area contributed by atoms with Gasteiger partial charge in [-0.15, -0.1) is 0 Å². The van der Waals surface area contributed by atoms with Crippen LogP contribution in [0.3, 0.4) is 0 Å². The molecule has 8 heteroatoms. The van der Waals surface area contributed by atoms with E-state index in [0.29, 0.717) is 39.6 Å². The van der Waals surface area contributed by atoms with Crippen molar-refractivity contribution >= 4 is 0 Å². The predicted octanol–water partition coefficient (Wildman–Crippen LogP) is 7.36. The Kier molecular flexibility index (Phi) is 11.8. The summed E-state index contributed by atoms with van der Waals surface area (Å²) in [5.74, 6) is 3.32. The third kappa shape index (κ3) is 10.1. The summed E-state index contributed by atoms with van der Waals surface area (Å²) in [4.78, 5) is 0. The summed E-state index contributed by atoms with van der Waals surface area (Å²) < 4.78 is 34.2. The highest BCUT2D eigenvalue weighted by Crippen LogP contribution is 2.38. The van der Waals surface area contributed by atoms with Gasteiger partial charge >= 0.3 is 0 Å². The van der Waals surface area contributed by atoms with Gasteiger partial charge in [-0.25, -0.2) is 0 Å². The molecule has 0 aliphatic carbocycles. The second-order valence-corrected chi connectivity index (χ2v) is 10.4. The van der Waals surface area contributed by atoms with E-state index in [1.165, 1.54) is 5.56 Å². The van der Waals surface area contributed by atoms with Crippen molar-refractivity contribution in [2.24, 2.45) is 0 Å². The van der Waals surface area contributed by atoms with Crippen LogP contribution in [0.25, 0.3) is 11.1 Å². The van der Waals surface area contributed by atoms with E-state index in [4.69, 9.17) is 28.0 Å². The molecule has 0 radical (unpaired) electrons. The SMILES string of the molecule is Cc1ccc(OCCCCOCc2cc(C)on2)c(-c2cc(C)ccc2OCCOCCCCc2cc(C)on2)c1. The highest BCUT2D eigenvalue weighted by atomic mass is 16.5. The molecule has 4 aromatic rings. The number of aromatic nitrogens is 2. The van der Waals surface area contributed by atoms with Crippen LogP contribution in [0.4, 0.5) is 0 Å². The van der Waals surface area contributed by atoms with E-state index in [9.17, 15) is 0 Å². The highest BCUT2D eigenvalue weighted by molar-refractivity contribution is 5.77. The van der Waals surface area contributed by atoms with E-state index >= 15 is 0 Å². The summed E-state index contributed by atoms with van der Waals surface area (Å²) in [6, 6.07) is 16.4. The van der Waals surface area contributed by atoms with Crippen LogP contribution in [-0.2, 0) is 22.5 Å². The number of ether oxygens (including phenoxy) is 4. The van der Waals surface area contributed by atoms with Crippen LogP contribution in [0, 0.1) is 27.7 Å². The fourth-order valence-electron chi connectivity index (χ4n) is 4.47. The van der Waals surface area contributed by atoms with Gasteiger partial charge in [0.25, 0.3) is 0 Å². The normalized spacial score (nSPS) is 11.2. The minimum absolute atomic E-state index is 0.463. The molecule has 0 atom stereocenters. The minimum atomic E-state index is 0.463. The molecule has 0 bridgehead atoms. The molecule has 2 aromatic carbocycles. The van der Waals surface area contributed by atoms with Gasteiger partial charge in [-0.05, 0) is 84.1 Å². The van der Waals surface area contributed by atoms with Crippen molar-refractivity contribution in [3.05, 3.63) is 82.6 Å². The van der Waals surface area contributed by atoms with Gasteiger partial charge in [0, 0.05) is 36.5 Å². The highest BCUT2D eigenvalue weighted by Gasteiger charge is 2.13. The molecule has 0 aliphatic rings. The van der Waals surface area contributed by atoms with Crippen molar-refractivity contribution in [1.82, 2.24) is 10.3 Å². The van der Waals surface area contributed by atoms with Crippen molar-refractivity contribution in [1.29, 1.82) is 0 Å². The Balaban J connectivity index is 1.22. The van der Waals surface area contributed by atoms with Gasteiger partial charge in [0.05, 0.1) is 25.5 Å². The number of unbranched alkanes of at least 4 members (excludes halogenated alkanes) is 2. The van der Waals surface area contributed by atoms with E-state index in [0.717, 1.165) is 83.2 Å². The second-order valence-electron chi connectivity index (χ2n) is 10.4. The summed E-state index contributed by atoms with van der Waals surface area (Å²) in [5, 5.41) is 7.98. The molecule has 220 valence electrons. The average molecular weight is 563 g/mol. The van der Waals surface area contributed by atoms with Crippen LogP contribution < -0.4 is 9.47 Å². The van der Waals surface area contributed by atoms with Crippen LogP contribution in [0.15, 0.2) is 57.6 Å². The van der Waals surface area contributed by atoms with Gasteiger partial charge in [0.1, 0.15) is 35.3 Å². The molecular formula is C33H42N2O6.